The number of nitrogens with zero attached hydrogens (tertiary/aromatic N) is 1. The summed E-state index contributed by atoms with van der Waals surface area (Å²) in [5, 5.41) is 13.2. The van der Waals surface area contributed by atoms with Gasteiger partial charge in [0.25, 0.3) is 0 Å². The molecule has 4 bridgehead atoms. The molecule has 0 heterocycles. The smallest absolute Gasteiger partial charge is 0.00350 e. The zero-order valence-corrected chi connectivity index (χ0v) is 11.0. The SMILES string of the molecule is CCC1C2CC(C3C4CCC(C4)C23)C1N(C)[O-]. The second-order valence-corrected chi connectivity index (χ2v) is 7.16. The lowest BCUT2D eigenvalue weighted by Gasteiger charge is -2.48. The Morgan fingerprint density at radius 3 is 2.29 bits per heavy atom. The molecule has 0 amide bonds. The van der Waals surface area contributed by atoms with Crippen molar-refractivity contribution in [2.75, 3.05) is 7.05 Å². The zero-order chi connectivity index (χ0) is 11.7. The van der Waals surface area contributed by atoms with Crippen molar-refractivity contribution in [2.45, 2.75) is 45.1 Å². The van der Waals surface area contributed by atoms with Crippen LogP contribution in [0.25, 0.3) is 0 Å². The Morgan fingerprint density at radius 1 is 1.06 bits per heavy atom. The molecule has 2 nitrogen and oxygen atoms in total. The summed E-state index contributed by atoms with van der Waals surface area (Å²) in [7, 11) is 1.77. The van der Waals surface area contributed by atoms with Crippen LogP contribution in [0.15, 0.2) is 0 Å². The number of fused-ring (bicyclic) bond motifs is 9. The summed E-state index contributed by atoms with van der Waals surface area (Å²) in [6, 6.07) is 0.366. The van der Waals surface area contributed by atoms with E-state index in [9.17, 15) is 5.21 Å². The van der Waals surface area contributed by atoms with Crippen LogP contribution >= 0.6 is 0 Å². The molecule has 0 aromatic heterocycles. The summed E-state index contributed by atoms with van der Waals surface area (Å²) < 4.78 is 0. The molecule has 4 fully saturated rings. The first kappa shape index (κ1) is 10.8. The highest BCUT2D eigenvalue weighted by molar-refractivity contribution is 5.15. The first-order valence-electron chi connectivity index (χ1n) is 7.62. The summed E-state index contributed by atoms with van der Waals surface area (Å²) in [6.07, 6.45) is 7.09. The second-order valence-electron chi connectivity index (χ2n) is 7.16. The molecule has 0 N–H and O–H groups in total. The third-order valence-electron chi connectivity index (χ3n) is 6.90. The molecule has 4 aliphatic carbocycles. The first-order chi connectivity index (χ1) is 8.22. The van der Waals surface area contributed by atoms with E-state index < -0.39 is 0 Å². The van der Waals surface area contributed by atoms with Crippen LogP contribution in [0.2, 0.25) is 0 Å². The Kier molecular flexibility index (Phi) is 2.21. The molecule has 17 heavy (non-hydrogen) atoms. The quantitative estimate of drug-likeness (QED) is 0.542. The minimum Gasteiger partial charge on any atom is -0.785 e. The van der Waals surface area contributed by atoms with Crippen LogP contribution in [-0.4, -0.2) is 18.2 Å². The van der Waals surface area contributed by atoms with Gasteiger partial charge in [0.1, 0.15) is 0 Å². The first-order valence-corrected chi connectivity index (χ1v) is 7.62. The number of rotatable bonds is 2. The normalized spacial score (nSPS) is 59.3. The molecule has 2 heteroatoms. The fraction of sp³-hybridized carbons (Fsp3) is 1.00. The fourth-order valence-electron chi connectivity index (χ4n) is 6.76. The number of hydroxylamine groups is 2. The Morgan fingerprint density at radius 2 is 1.71 bits per heavy atom. The van der Waals surface area contributed by atoms with Crippen LogP contribution in [0.1, 0.15) is 39.0 Å². The molecule has 96 valence electrons. The minimum absolute atomic E-state index is 0.366. The second kappa shape index (κ2) is 3.48. The molecule has 0 aromatic rings. The Balaban J connectivity index is 1.68. The van der Waals surface area contributed by atoms with Gasteiger partial charge in [-0.25, -0.2) is 0 Å². The van der Waals surface area contributed by atoms with E-state index in [1.807, 2.05) is 0 Å². The van der Waals surface area contributed by atoms with Crippen molar-refractivity contribution in [1.82, 2.24) is 5.06 Å². The molecule has 0 aliphatic heterocycles. The maximum absolute atomic E-state index is 11.9. The minimum atomic E-state index is 0.366. The average molecular weight is 234 g/mol. The van der Waals surface area contributed by atoms with Crippen molar-refractivity contribution in [2.24, 2.45) is 41.4 Å². The zero-order valence-electron chi connectivity index (χ0n) is 11.0. The predicted octanol–water partition coefficient (Wildman–Crippen LogP) is 3.12. The highest BCUT2D eigenvalue weighted by atomic mass is 16.5. The lowest BCUT2D eigenvalue weighted by molar-refractivity contribution is 0.0389. The van der Waals surface area contributed by atoms with E-state index in [0.717, 1.165) is 35.5 Å². The topological polar surface area (TPSA) is 26.3 Å². The average Bonchev–Trinajstić information content (AvgIpc) is 3.03. The Hall–Kier alpha value is -0.0800. The lowest BCUT2D eigenvalue weighted by Crippen LogP contribution is -2.46. The molecule has 0 radical (unpaired) electrons. The number of hydrogen-bond donors (Lipinski definition) is 0. The maximum Gasteiger partial charge on any atom is 0.00350 e. The Labute approximate surface area is 104 Å². The van der Waals surface area contributed by atoms with Crippen molar-refractivity contribution < 1.29 is 0 Å². The molecule has 0 aromatic carbocycles. The van der Waals surface area contributed by atoms with Gasteiger partial charge in [0.05, 0.1) is 0 Å². The van der Waals surface area contributed by atoms with Crippen LogP contribution < -0.4 is 0 Å². The van der Waals surface area contributed by atoms with Crippen molar-refractivity contribution >= 4 is 0 Å². The third kappa shape index (κ3) is 1.19. The highest BCUT2D eigenvalue weighted by Gasteiger charge is 2.64. The predicted molar refractivity (Wildman–Crippen MR) is 68.1 cm³/mol. The van der Waals surface area contributed by atoms with E-state index in [1.54, 1.807) is 7.05 Å². The van der Waals surface area contributed by atoms with Crippen LogP contribution in [0.5, 0.6) is 0 Å². The monoisotopic (exact) mass is 234 g/mol. The van der Waals surface area contributed by atoms with E-state index in [1.165, 1.54) is 37.2 Å². The molecule has 0 spiro atoms. The Bertz CT molecular complexity index is 327. The van der Waals surface area contributed by atoms with Crippen molar-refractivity contribution in [1.29, 1.82) is 0 Å². The van der Waals surface area contributed by atoms with Crippen LogP contribution in [-0.2, 0) is 0 Å². The third-order valence-corrected chi connectivity index (χ3v) is 6.90. The van der Waals surface area contributed by atoms with E-state index in [2.05, 4.69) is 6.92 Å². The van der Waals surface area contributed by atoms with E-state index >= 15 is 0 Å². The summed E-state index contributed by atoms with van der Waals surface area (Å²) in [6.45, 7) is 2.30. The number of hydrogen-bond acceptors (Lipinski definition) is 2. The van der Waals surface area contributed by atoms with Gasteiger partial charge < -0.3 is 10.3 Å². The fourth-order valence-corrected chi connectivity index (χ4v) is 6.76. The molecule has 8 unspecified atom stereocenters. The van der Waals surface area contributed by atoms with Crippen LogP contribution in [0, 0.1) is 46.6 Å². The molecule has 0 saturated heterocycles. The summed E-state index contributed by atoms with van der Waals surface area (Å²) in [5.74, 6) is 6.40. The largest absolute Gasteiger partial charge is 0.785 e. The molecule has 4 aliphatic rings. The van der Waals surface area contributed by atoms with E-state index in [4.69, 9.17) is 0 Å². The standard InChI is InChI=1S/C15H24NO/c1-3-10-11-7-12(15(10)16(2)17)14-9-5-4-8(6-9)13(11)14/h8-15H,3-7H2,1-2H3/q-1. The molecular formula is C15H24NO-. The van der Waals surface area contributed by atoms with Gasteiger partial charge in [-0.3, -0.25) is 0 Å². The van der Waals surface area contributed by atoms with Crippen molar-refractivity contribution in [3.8, 4) is 0 Å². The molecule has 8 atom stereocenters. The van der Waals surface area contributed by atoms with Crippen molar-refractivity contribution in [3.63, 3.8) is 0 Å². The molecule has 4 saturated carbocycles. The van der Waals surface area contributed by atoms with Crippen molar-refractivity contribution in [3.05, 3.63) is 5.21 Å². The van der Waals surface area contributed by atoms with Gasteiger partial charge in [-0.05, 0) is 74.2 Å². The van der Waals surface area contributed by atoms with Crippen LogP contribution in [0.4, 0.5) is 0 Å². The van der Waals surface area contributed by atoms with E-state index in [0.29, 0.717) is 12.0 Å². The summed E-state index contributed by atoms with van der Waals surface area (Å²) in [4.78, 5) is 0. The van der Waals surface area contributed by atoms with Gasteiger partial charge in [0.15, 0.2) is 0 Å². The molecule has 4 rings (SSSR count). The summed E-state index contributed by atoms with van der Waals surface area (Å²) in [5.41, 5.74) is 0. The van der Waals surface area contributed by atoms with Gasteiger partial charge in [-0.15, -0.1) is 0 Å². The van der Waals surface area contributed by atoms with Gasteiger partial charge in [0, 0.05) is 6.04 Å². The van der Waals surface area contributed by atoms with Gasteiger partial charge in [0.2, 0.25) is 0 Å². The van der Waals surface area contributed by atoms with E-state index in [-0.39, 0.29) is 0 Å². The van der Waals surface area contributed by atoms with Crippen LogP contribution in [0.3, 0.4) is 0 Å². The van der Waals surface area contributed by atoms with Gasteiger partial charge in [-0.2, -0.15) is 0 Å². The molecular weight excluding hydrogens is 210 g/mol. The highest BCUT2D eigenvalue weighted by Crippen LogP contribution is 2.69. The lowest BCUT2D eigenvalue weighted by atomic mass is 9.65. The van der Waals surface area contributed by atoms with Gasteiger partial charge >= 0.3 is 0 Å². The summed E-state index contributed by atoms with van der Waals surface area (Å²) >= 11 is 0. The van der Waals surface area contributed by atoms with Gasteiger partial charge in [-0.1, -0.05) is 13.3 Å². The maximum atomic E-state index is 11.9.